The third-order valence-corrected chi connectivity index (χ3v) is 5.54. The van der Waals surface area contributed by atoms with E-state index in [9.17, 15) is 14.4 Å². The van der Waals surface area contributed by atoms with Crippen molar-refractivity contribution >= 4 is 29.6 Å². The van der Waals surface area contributed by atoms with E-state index in [0.717, 1.165) is 36.4 Å². The molecule has 0 aliphatic heterocycles. The van der Waals surface area contributed by atoms with Crippen molar-refractivity contribution in [2.75, 3.05) is 0 Å². The molecule has 0 spiro atoms. The molecule has 2 aromatic rings. The minimum absolute atomic E-state index is 0.0380. The van der Waals surface area contributed by atoms with Crippen LogP contribution in [0, 0.1) is 12.8 Å². The van der Waals surface area contributed by atoms with Gasteiger partial charge in [0, 0.05) is 23.8 Å². The Morgan fingerprint density at radius 2 is 2.03 bits per heavy atom. The number of amides is 2. The summed E-state index contributed by atoms with van der Waals surface area (Å²) in [5.74, 6) is 0.338. The van der Waals surface area contributed by atoms with Crippen molar-refractivity contribution in [3.8, 4) is 0 Å². The average Bonchev–Trinajstić information content (AvgIpc) is 3.33. The normalized spacial score (nSPS) is 18.0. The highest BCUT2D eigenvalue weighted by molar-refractivity contribution is 7.09. The van der Waals surface area contributed by atoms with Gasteiger partial charge in [0.1, 0.15) is 5.82 Å². The van der Waals surface area contributed by atoms with Gasteiger partial charge in [-0.2, -0.15) is 5.10 Å². The molecule has 0 bridgehead atoms. The average molecular weight is 439 g/mol. The fraction of sp³-hybridized carbons (Fsp3) is 0.556. The summed E-state index contributed by atoms with van der Waals surface area (Å²) in [7, 11) is 0. The Kier molecular flexibility index (Phi) is 9.19. The van der Waals surface area contributed by atoms with E-state index in [-0.39, 0.29) is 42.5 Å². The Labute approximate surface area is 176 Å². The van der Waals surface area contributed by atoms with Crippen LogP contribution < -0.4 is 16.3 Å². The second kappa shape index (κ2) is 11.9. The molecule has 2 heterocycles. The minimum Gasteiger partial charge on any atom is -0.483 e. The summed E-state index contributed by atoms with van der Waals surface area (Å²) in [6.45, 7) is 1.90. The number of carbonyl (C=O) groups excluding carboxylic acids is 2. The van der Waals surface area contributed by atoms with Gasteiger partial charge >= 0.3 is 5.69 Å². The van der Waals surface area contributed by atoms with Crippen molar-refractivity contribution in [3.05, 3.63) is 32.4 Å². The molecule has 0 atom stereocenters. The predicted molar refractivity (Wildman–Crippen MR) is 109 cm³/mol. The quantitative estimate of drug-likeness (QED) is 0.392. The Morgan fingerprint density at radius 3 is 2.60 bits per heavy atom. The smallest absolute Gasteiger partial charge is 0.340 e. The minimum atomic E-state index is -0.389. The van der Waals surface area contributed by atoms with E-state index < -0.39 is 0 Å². The lowest BCUT2D eigenvalue weighted by Crippen LogP contribution is -2.40. The monoisotopic (exact) mass is 438 g/mol. The van der Waals surface area contributed by atoms with E-state index in [1.165, 1.54) is 0 Å². The molecule has 164 valence electrons. The molecule has 1 fully saturated rings. The van der Waals surface area contributed by atoms with Crippen molar-refractivity contribution in [2.45, 2.75) is 58.0 Å². The van der Waals surface area contributed by atoms with E-state index in [2.05, 4.69) is 30.8 Å². The first-order valence-corrected chi connectivity index (χ1v) is 10.5. The lowest BCUT2D eigenvalue weighted by atomic mass is 9.85. The highest BCUT2D eigenvalue weighted by atomic mass is 32.1. The highest BCUT2D eigenvalue weighted by Crippen LogP contribution is 2.24. The number of aromatic nitrogens is 4. The maximum absolute atomic E-state index is 12.2. The molecule has 2 aromatic heterocycles. The molecule has 2 amide bonds. The number of carbonyl (C=O) groups is 3. The molecule has 1 aliphatic rings. The van der Waals surface area contributed by atoms with Crippen LogP contribution in [0.15, 0.2) is 10.2 Å². The molecule has 0 aromatic carbocycles. The number of carboxylic acid groups (broad SMARTS) is 1. The van der Waals surface area contributed by atoms with Gasteiger partial charge < -0.3 is 15.7 Å². The van der Waals surface area contributed by atoms with E-state index >= 15 is 0 Å². The van der Waals surface area contributed by atoms with E-state index in [1.807, 2.05) is 12.3 Å². The first kappa shape index (κ1) is 23.3. The van der Waals surface area contributed by atoms with Gasteiger partial charge in [0.2, 0.25) is 11.8 Å². The van der Waals surface area contributed by atoms with Crippen LogP contribution in [-0.4, -0.2) is 49.6 Å². The summed E-state index contributed by atoms with van der Waals surface area (Å²) in [6, 6.07) is 0.126. The zero-order valence-electron chi connectivity index (χ0n) is 16.6. The number of aromatic amines is 2. The number of H-pyrrole nitrogens is 2. The van der Waals surface area contributed by atoms with Crippen molar-refractivity contribution in [2.24, 2.45) is 5.92 Å². The van der Waals surface area contributed by atoms with Gasteiger partial charge in [-0.1, -0.05) is 0 Å². The SMILES string of the molecule is Cc1nc(CCC(=O)NC2CCC(C(=O)NCc3n[nH]c(=O)[nH]3)CC2)cs1.O=CO. The molecule has 30 heavy (non-hydrogen) atoms. The Morgan fingerprint density at radius 1 is 1.33 bits per heavy atom. The molecule has 1 aliphatic carbocycles. The largest absolute Gasteiger partial charge is 0.483 e. The lowest BCUT2D eigenvalue weighted by molar-refractivity contribution is -0.126. The standard InChI is InChI=1S/C17H24N6O3S.CH2O2/c1-10-19-13(9-27-10)6-7-15(24)20-12-4-2-11(3-5-12)16(25)18-8-14-21-17(26)23-22-14;2-1-3/h9,11-12H,2-8H2,1H3,(H,18,25)(H,20,24)(H2,21,22,23,26);1H,(H,2,3). The highest BCUT2D eigenvalue weighted by Gasteiger charge is 2.27. The molecule has 0 unspecified atom stereocenters. The van der Waals surface area contributed by atoms with Crippen molar-refractivity contribution in [3.63, 3.8) is 0 Å². The van der Waals surface area contributed by atoms with Crippen LogP contribution >= 0.6 is 11.3 Å². The molecule has 3 rings (SSSR count). The van der Waals surface area contributed by atoms with Crippen LogP contribution in [0.3, 0.4) is 0 Å². The third-order valence-electron chi connectivity index (χ3n) is 4.72. The number of hydrogen-bond donors (Lipinski definition) is 5. The summed E-state index contributed by atoms with van der Waals surface area (Å²) in [5, 5.41) is 21.8. The molecular weight excluding hydrogens is 412 g/mol. The number of rotatable bonds is 7. The first-order valence-electron chi connectivity index (χ1n) is 9.60. The van der Waals surface area contributed by atoms with Crippen LogP contribution in [0.5, 0.6) is 0 Å². The summed E-state index contributed by atoms with van der Waals surface area (Å²) < 4.78 is 0. The van der Waals surface area contributed by atoms with Crippen molar-refractivity contribution < 1.29 is 19.5 Å². The van der Waals surface area contributed by atoms with Gasteiger partial charge in [0.25, 0.3) is 6.47 Å². The predicted octanol–water partition coefficient (Wildman–Crippen LogP) is 0.488. The van der Waals surface area contributed by atoms with Gasteiger partial charge in [0.15, 0.2) is 0 Å². The Bertz CT molecular complexity index is 884. The van der Waals surface area contributed by atoms with Crippen LogP contribution in [0.1, 0.15) is 48.6 Å². The number of nitrogens with one attached hydrogen (secondary N) is 4. The summed E-state index contributed by atoms with van der Waals surface area (Å²) in [4.78, 5) is 50.5. The van der Waals surface area contributed by atoms with Gasteiger partial charge in [-0.15, -0.1) is 11.3 Å². The van der Waals surface area contributed by atoms with Crippen molar-refractivity contribution in [1.29, 1.82) is 0 Å². The number of thiazole rings is 1. The fourth-order valence-corrected chi connectivity index (χ4v) is 3.92. The first-order chi connectivity index (χ1) is 14.4. The van der Waals surface area contributed by atoms with Crippen molar-refractivity contribution in [1.82, 2.24) is 30.8 Å². The van der Waals surface area contributed by atoms with Crippen LogP contribution in [0.4, 0.5) is 0 Å². The molecule has 0 radical (unpaired) electrons. The third kappa shape index (κ3) is 7.78. The fourth-order valence-electron chi connectivity index (χ4n) is 3.27. The number of hydrogen-bond acceptors (Lipinski definition) is 7. The molecule has 0 saturated heterocycles. The van der Waals surface area contributed by atoms with E-state index in [4.69, 9.17) is 9.90 Å². The zero-order chi connectivity index (χ0) is 21.9. The maximum Gasteiger partial charge on any atom is 0.340 e. The van der Waals surface area contributed by atoms with Crippen LogP contribution in [-0.2, 0) is 27.3 Å². The summed E-state index contributed by atoms with van der Waals surface area (Å²) in [6.07, 6.45) is 4.14. The molecule has 1 saturated carbocycles. The van der Waals surface area contributed by atoms with E-state index in [1.54, 1.807) is 11.3 Å². The number of nitrogens with zero attached hydrogens (tertiary/aromatic N) is 2. The molecular formula is C18H26N6O5S. The van der Waals surface area contributed by atoms with Gasteiger partial charge in [0.05, 0.1) is 17.2 Å². The summed E-state index contributed by atoms with van der Waals surface area (Å²) in [5.41, 5.74) is 0.576. The maximum atomic E-state index is 12.2. The van der Waals surface area contributed by atoms with Crippen LogP contribution in [0.25, 0.3) is 0 Å². The summed E-state index contributed by atoms with van der Waals surface area (Å²) >= 11 is 1.59. The number of aryl methyl sites for hydroxylation is 2. The zero-order valence-corrected chi connectivity index (χ0v) is 17.5. The second-order valence-electron chi connectivity index (χ2n) is 6.92. The topological polar surface area (TPSA) is 170 Å². The van der Waals surface area contributed by atoms with Gasteiger partial charge in [-0.3, -0.25) is 19.4 Å². The van der Waals surface area contributed by atoms with E-state index in [0.29, 0.717) is 18.7 Å². The molecule has 11 nitrogen and oxygen atoms in total. The molecule has 12 heteroatoms. The van der Waals surface area contributed by atoms with Gasteiger partial charge in [-0.25, -0.2) is 14.9 Å². The lowest BCUT2D eigenvalue weighted by Gasteiger charge is -2.28. The molecule has 5 N–H and O–H groups in total. The second-order valence-corrected chi connectivity index (χ2v) is 7.98. The van der Waals surface area contributed by atoms with Gasteiger partial charge in [-0.05, 0) is 39.0 Å². The van der Waals surface area contributed by atoms with Crippen LogP contribution in [0.2, 0.25) is 0 Å². The Hall–Kier alpha value is -3.02. The Balaban J connectivity index is 0.00000101.